The maximum Gasteiger partial charge on any atom is 0.408 e. The largest absolute Gasteiger partial charge is 0.444 e. The van der Waals surface area contributed by atoms with E-state index < -0.39 is 60.4 Å². The Morgan fingerprint density at radius 3 is 2.49 bits per heavy atom. The number of halogens is 6. The fourth-order valence-corrected chi connectivity index (χ4v) is 4.43. The quantitative estimate of drug-likeness (QED) is 0.354. The van der Waals surface area contributed by atoms with Gasteiger partial charge in [-0.3, -0.25) is 0 Å². The number of fused-ring (bicyclic) bond motifs is 1. The lowest BCUT2D eigenvalue weighted by Crippen LogP contribution is -2.58. The number of imidazole rings is 1. The maximum absolute atomic E-state index is 14.1. The van der Waals surface area contributed by atoms with E-state index in [4.69, 9.17) is 21.1 Å². The van der Waals surface area contributed by atoms with Gasteiger partial charge in [0.1, 0.15) is 5.60 Å². The molecule has 1 fully saturated rings. The van der Waals surface area contributed by atoms with Gasteiger partial charge in [-0.25, -0.2) is 27.9 Å². The van der Waals surface area contributed by atoms with Gasteiger partial charge in [0, 0.05) is 12.7 Å². The number of carbonyl (C=O) groups is 2. The Balaban J connectivity index is 1.99. The highest BCUT2D eigenvalue weighted by Crippen LogP contribution is 2.42. The first kappa shape index (κ1) is 32.6. The average Bonchev–Trinajstić information content (AvgIpc) is 3.22. The summed E-state index contributed by atoms with van der Waals surface area (Å²) in [5.74, 6) is -3.20. The number of nitrogens with one attached hydrogen (secondary N) is 2. The highest BCUT2D eigenvalue weighted by Gasteiger charge is 2.47. The Kier molecular flexibility index (Phi) is 9.33. The number of alkyl halides is 5. The van der Waals surface area contributed by atoms with E-state index in [1.165, 1.54) is 23.9 Å². The molecule has 0 bridgehead atoms. The average molecular weight is 613 g/mol. The molecule has 0 unspecified atom stereocenters. The molecule has 1 aliphatic heterocycles. The van der Waals surface area contributed by atoms with E-state index >= 15 is 0 Å². The van der Waals surface area contributed by atoms with Gasteiger partial charge in [0.2, 0.25) is 0 Å². The third-order valence-corrected chi connectivity index (χ3v) is 6.84. The molecule has 0 aliphatic carbocycles. The lowest BCUT2D eigenvalue weighted by Gasteiger charge is -2.38. The third kappa shape index (κ3) is 8.09. The summed E-state index contributed by atoms with van der Waals surface area (Å²) >= 11 is 6.41. The van der Waals surface area contributed by atoms with Crippen molar-refractivity contribution < 1.29 is 41.0 Å². The van der Waals surface area contributed by atoms with Gasteiger partial charge in [-0.1, -0.05) is 25.4 Å². The number of rotatable bonds is 9. The minimum absolute atomic E-state index is 0.139. The number of amides is 3. The van der Waals surface area contributed by atoms with Crippen LogP contribution in [-0.4, -0.2) is 76.1 Å². The zero-order valence-corrected chi connectivity index (χ0v) is 24.3. The molecule has 16 heteroatoms. The van der Waals surface area contributed by atoms with Crippen molar-refractivity contribution in [2.45, 2.75) is 77.2 Å². The number of alkyl carbamates (subject to hydrolysis) is 1. The minimum atomic E-state index is -4.49. The van der Waals surface area contributed by atoms with E-state index in [1.807, 2.05) is 0 Å². The molecule has 3 heterocycles. The van der Waals surface area contributed by atoms with E-state index in [2.05, 4.69) is 20.7 Å². The van der Waals surface area contributed by atoms with Crippen LogP contribution in [0.1, 0.15) is 70.8 Å². The fraction of sp³-hybridized carbons (Fsp3) is 0.680. The maximum atomic E-state index is 14.1. The van der Waals surface area contributed by atoms with Crippen LogP contribution < -0.4 is 10.6 Å². The summed E-state index contributed by atoms with van der Waals surface area (Å²) < 4.78 is 80.7. The van der Waals surface area contributed by atoms with Crippen molar-refractivity contribution in [2.24, 2.45) is 5.41 Å². The van der Waals surface area contributed by atoms with Gasteiger partial charge >= 0.3 is 18.3 Å². The number of carbonyl (C=O) groups excluding carboxylic acids is 2. The van der Waals surface area contributed by atoms with Crippen LogP contribution in [0, 0.1) is 5.41 Å². The summed E-state index contributed by atoms with van der Waals surface area (Å²) in [4.78, 5) is 30.4. The number of urea groups is 1. The van der Waals surface area contributed by atoms with Gasteiger partial charge in [-0.15, -0.1) is 0 Å². The Bertz CT molecular complexity index is 1260. The predicted octanol–water partition coefficient (Wildman–Crippen LogP) is 5.67. The molecule has 0 aromatic carbocycles. The fourth-order valence-electron chi connectivity index (χ4n) is 4.17. The van der Waals surface area contributed by atoms with Crippen LogP contribution in [0.4, 0.5) is 31.5 Å². The van der Waals surface area contributed by atoms with Crippen LogP contribution in [-0.2, 0) is 9.47 Å². The number of nitrogens with zero attached hydrogens (tertiary/aromatic N) is 4. The minimum Gasteiger partial charge on any atom is -0.444 e. The van der Waals surface area contributed by atoms with Crippen molar-refractivity contribution in [1.82, 2.24) is 30.1 Å². The molecule has 41 heavy (non-hydrogen) atoms. The van der Waals surface area contributed by atoms with E-state index in [1.54, 1.807) is 20.8 Å². The van der Waals surface area contributed by atoms with Crippen molar-refractivity contribution in [3.8, 4) is 0 Å². The molecule has 10 nitrogen and oxygen atoms in total. The summed E-state index contributed by atoms with van der Waals surface area (Å²) in [5.41, 5.74) is -2.44. The first-order chi connectivity index (χ1) is 18.7. The Morgan fingerprint density at radius 2 is 1.90 bits per heavy atom. The summed E-state index contributed by atoms with van der Waals surface area (Å²) in [5, 5.41) is 8.81. The SMILES string of the molecule is COC[C@H](c1cc2nc([C@H](CCC(C)(C)C(F)(F)F)NC(=O)OC(C)(C)C)cn2nc1Cl)N1CC(F)(F)CNC1=O. The zero-order chi connectivity index (χ0) is 31.0. The van der Waals surface area contributed by atoms with Crippen LogP contribution in [0.25, 0.3) is 5.65 Å². The van der Waals surface area contributed by atoms with E-state index in [9.17, 15) is 31.5 Å². The molecule has 1 aliphatic rings. The standard InChI is InChI=1S/C25H34ClF5N6O4/c1-22(2,3)41-21(39)34-15(7-8-23(4,5)25(29,30)31)16-10-37-18(33-16)9-14(19(26)35-37)17(11-40-6)36-13-24(27,28)12-32-20(36)38/h9-10,15,17H,7-8,11-13H2,1-6H3,(H,32,38)(H,34,39)/t15-,17+/m0/s1. The summed E-state index contributed by atoms with van der Waals surface area (Å²) in [6.45, 7) is 5.16. The molecule has 230 valence electrons. The molecule has 2 N–H and O–H groups in total. The van der Waals surface area contributed by atoms with Crippen molar-refractivity contribution in [3.63, 3.8) is 0 Å². The smallest absolute Gasteiger partial charge is 0.408 e. The van der Waals surface area contributed by atoms with E-state index in [0.717, 1.165) is 18.7 Å². The van der Waals surface area contributed by atoms with E-state index in [-0.39, 0.29) is 41.5 Å². The van der Waals surface area contributed by atoms with Gasteiger partial charge in [-0.05, 0) is 39.7 Å². The lowest BCUT2D eigenvalue weighted by atomic mass is 9.85. The van der Waals surface area contributed by atoms with Crippen molar-refractivity contribution in [1.29, 1.82) is 0 Å². The van der Waals surface area contributed by atoms with Gasteiger partial charge in [0.25, 0.3) is 5.92 Å². The first-order valence-electron chi connectivity index (χ1n) is 12.8. The number of aromatic nitrogens is 3. The third-order valence-electron chi connectivity index (χ3n) is 6.55. The molecule has 2 aromatic heterocycles. The second kappa shape index (κ2) is 11.7. The monoisotopic (exact) mass is 612 g/mol. The molecule has 0 radical (unpaired) electrons. The van der Waals surface area contributed by atoms with E-state index in [0.29, 0.717) is 0 Å². The first-order valence-corrected chi connectivity index (χ1v) is 13.1. The lowest BCUT2D eigenvalue weighted by molar-refractivity contribution is -0.214. The highest BCUT2D eigenvalue weighted by atomic mass is 35.5. The summed E-state index contributed by atoms with van der Waals surface area (Å²) in [6, 6.07) is -1.38. The second-order valence-electron chi connectivity index (χ2n) is 11.6. The molecular formula is C25H34ClF5N6O4. The highest BCUT2D eigenvalue weighted by molar-refractivity contribution is 6.30. The van der Waals surface area contributed by atoms with Gasteiger partial charge in [-0.2, -0.15) is 18.3 Å². The number of hydrogen-bond donors (Lipinski definition) is 2. The molecule has 0 spiro atoms. The predicted molar refractivity (Wildman–Crippen MR) is 139 cm³/mol. The van der Waals surface area contributed by atoms with Crippen LogP contribution in [0.5, 0.6) is 0 Å². The summed E-state index contributed by atoms with van der Waals surface area (Å²) in [6.07, 6.45) is -4.45. The molecule has 1 saturated heterocycles. The molecular weight excluding hydrogens is 579 g/mol. The number of ether oxygens (including phenoxy) is 2. The van der Waals surface area contributed by atoms with Crippen molar-refractivity contribution in [2.75, 3.05) is 26.8 Å². The molecule has 2 aromatic rings. The molecule has 2 atom stereocenters. The second-order valence-corrected chi connectivity index (χ2v) is 11.9. The Labute approximate surface area is 238 Å². The van der Waals surface area contributed by atoms with Gasteiger partial charge < -0.3 is 25.0 Å². The van der Waals surface area contributed by atoms with Gasteiger partial charge in [0.15, 0.2) is 10.8 Å². The van der Waals surface area contributed by atoms with Crippen molar-refractivity contribution in [3.05, 3.63) is 28.7 Å². The van der Waals surface area contributed by atoms with Gasteiger partial charge in [0.05, 0.1) is 49.1 Å². The van der Waals surface area contributed by atoms with Crippen LogP contribution in [0.2, 0.25) is 5.15 Å². The Morgan fingerprint density at radius 1 is 1.24 bits per heavy atom. The molecule has 3 amide bonds. The molecule has 0 saturated carbocycles. The topological polar surface area (TPSA) is 110 Å². The normalized spacial score (nSPS) is 17.8. The van der Waals surface area contributed by atoms with Crippen LogP contribution >= 0.6 is 11.6 Å². The Hall–Kier alpha value is -2.94. The zero-order valence-electron chi connectivity index (χ0n) is 23.5. The number of hydrogen-bond acceptors (Lipinski definition) is 6. The number of methoxy groups -OCH3 is 1. The van der Waals surface area contributed by atoms with Crippen molar-refractivity contribution >= 4 is 29.4 Å². The van der Waals surface area contributed by atoms with Crippen LogP contribution in [0.15, 0.2) is 12.3 Å². The van der Waals surface area contributed by atoms with Crippen LogP contribution in [0.3, 0.4) is 0 Å². The summed E-state index contributed by atoms with van der Waals surface area (Å²) in [7, 11) is 1.33. The molecule has 3 rings (SSSR count).